The van der Waals surface area contributed by atoms with Crippen molar-refractivity contribution in [2.24, 2.45) is 5.92 Å². The van der Waals surface area contributed by atoms with E-state index in [1.54, 1.807) is 0 Å². The lowest BCUT2D eigenvalue weighted by Crippen LogP contribution is -2.15. The second kappa shape index (κ2) is 7.54. The lowest BCUT2D eigenvalue weighted by molar-refractivity contribution is 0.170. The van der Waals surface area contributed by atoms with E-state index in [9.17, 15) is 5.11 Å². The first-order valence-corrected chi connectivity index (χ1v) is 7.67. The Kier molecular flexibility index (Phi) is 5.71. The molecule has 2 rings (SSSR count). The fraction of sp³-hybridized carbons (Fsp3) is 0.647. The molecule has 0 bridgehead atoms. The molecule has 0 spiro atoms. The standard InChI is InChI=1S/C17H26O2/c1-2-16(18)11-15-9-6-10-17(12-15)19-13-14-7-4-3-5-8-14/h6,9-10,12,14,16,18H,2-5,7-8,11,13H2,1H3/t16-/m1/s1. The molecule has 1 fully saturated rings. The van der Waals surface area contributed by atoms with Crippen LogP contribution in [0.5, 0.6) is 5.75 Å². The van der Waals surface area contributed by atoms with Crippen molar-refractivity contribution in [1.82, 2.24) is 0 Å². The van der Waals surface area contributed by atoms with Crippen molar-refractivity contribution in [2.75, 3.05) is 6.61 Å². The minimum atomic E-state index is -0.242. The lowest BCUT2D eigenvalue weighted by atomic mass is 9.90. The Balaban J connectivity index is 1.84. The smallest absolute Gasteiger partial charge is 0.119 e. The summed E-state index contributed by atoms with van der Waals surface area (Å²) in [6.45, 7) is 2.86. The summed E-state index contributed by atoms with van der Waals surface area (Å²) < 4.78 is 5.92. The third-order valence-corrected chi connectivity index (χ3v) is 4.05. The van der Waals surface area contributed by atoms with Crippen LogP contribution in [-0.2, 0) is 6.42 Å². The van der Waals surface area contributed by atoms with Crippen molar-refractivity contribution >= 4 is 0 Å². The number of rotatable bonds is 6. The van der Waals surface area contributed by atoms with Crippen LogP contribution in [0, 0.1) is 5.92 Å². The third-order valence-electron chi connectivity index (χ3n) is 4.05. The van der Waals surface area contributed by atoms with E-state index in [0.717, 1.165) is 36.7 Å². The molecule has 19 heavy (non-hydrogen) atoms. The highest BCUT2D eigenvalue weighted by Crippen LogP contribution is 2.25. The fourth-order valence-electron chi connectivity index (χ4n) is 2.75. The van der Waals surface area contributed by atoms with Gasteiger partial charge in [-0.05, 0) is 49.3 Å². The van der Waals surface area contributed by atoms with Gasteiger partial charge in [-0.25, -0.2) is 0 Å². The van der Waals surface area contributed by atoms with E-state index in [2.05, 4.69) is 12.1 Å². The molecule has 0 aromatic heterocycles. The van der Waals surface area contributed by atoms with Crippen molar-refractivity contribution in [3.05, 3.63) is 29.8 Å². The van der Waals surface area contributed by atoms with Crippen LogP contribution in [0.3, 0.4) is 0 Å². The largest absolute Gasteiger partial charge is 0.493 e. The van der Waals surface area contributed by atoms with Gasteiger partial charge in [0.15, 0.2) is 0 Å². The molecule has 0 heterocycles. The van der Waals surface area contributed by atoms with Crippen molar-refractivity contribution in [2.45, 2.75) is 58.0 Å². The number of ether oxygens (including phenoxy) is 1. The number of hydrogen-bond acceptors (Lipinski definition) is 2. The molecule has 0 amide bonds. The van der Waals surface area contributed by atoms with Crippen LogP contribution in [0.4, 0.5) is 0 Å². The van der Waals surface area contributed by atoms with Gasteiger partial charge in [-0.15, -0.1) is 0 Å². The zero-order chi connectivity index (χ0) is 13.5. The third kappa shape index (κ3) is 4.87. The Morgan fingerprint density at radius 3 is 2.79 bits per heavy atom. The Labute approximate surface area is 116 Å². The van der Waals surface area contributed by atoms with Crippen LogP contribution in [0.1, 0.15) is 51.0 Å². The van der Waals surface area contributed by atoms with Crippen LogP contribution in [-0.4, -0.2) is 17.8 Å². The highest BCUT2D eigenvalue weighted by Gasteiger charge is 2.14. The molecule has 106 valence electrons. The van der Waals surface area contributed by atoms with Crippen molar-refractivity contribution in [3.8, 4) is 5.75 Å². The number of hydrogen-bond donors (Lipinski definition) is 1. The second-order valence-electron chi connectivity index (χ2n) is 5.73. The maximum atomic E-state index is 9.70. The van der Waals surface area contributed by atoms with Crippen LogP contribution in [0.15, 0.2) is 24.3 Å². The molecule has 2 heteroatoms. The lowest BCUT2D eigenvalue weighted by Gasteiger charge is -2.21. The van der Waals surface area contributed by atoms with E-state index < -0.39 is 0 Å². The maximum absolute atomic E-state index is 9.70. The van der Waals surface area contributed by atoms with Crippen molar-refractivity contribution in [3.63, 3.8) is 0 Å². The second-order valence-corrected chi connectivity index (χ2v) is 5.73. The monoisotopic (exact) mass is 262 g/mol. The predicted molar refractivity (Wildman–Crippen MR) is 78.5 cm³/mol. The summed E-state index contributed by atoms with van der Waals surface area (Å²) in [6, 6.07) is 8.17. The van der Waals surface area contributed by atoms with Crippen LogP contribution in [0.2, 0.25) is 0 Å². The zero-order valence-corrected chi connectivity index (χ0v) is 12.0. The number of aliphatic hydroxyl groups excluding tert-OH is 1. The Morgan fingerprint density at radius 2 is 2.05 bits per heavy atom. The average Bonchev–Trinajstić information content (AvgIpc) is 2.46. The van der Waals surface area contributed by atoms with Gasteiger partial charge in [0, 0.05) is 0 Å². The minimum absolute atomic E-state index is 0.242. The molecule has 1 N–H and O–H groups in total. The van der Waals surface area contributed by atoms with Gasteiger partial charge in [0.1, 0.15) is 5.75 Å². The SMILES string of the molecule is CC[C@@H](O)Cc1cccc(OCC2CCCCC2)c1. The molecular formula is C17H26O2. The normalized spacial score (nSPS) is 18.2. The summed E-state index contributed by atoms with van der Waals surface area (Å²) >= 11 is 0. The van der Waals surface area contributed by atoms with Gasteiger partial charge in [-0.3, -0.25) is 0 Å². The first kappa shape index (κ1) is 14.4. The first-order chi connectivity index (χ1) is 9.28. The van der Waals surface area contributed by atoms with E-state index in [1.807, 2.05) is 19.1 Å². The molecule has 0 aliphatic heterocycles. The maximum Gasteiger partial charge on any atom is 0.119 e. The van der Waals surface area contributed by atoms with Gasteiger partial charge < -0.3 is 9.84 Å². The Bertz CT molecular complexity index is 369. The quantitative estimate of drug-likeness (QED) is 0.841. The fourth-order valence-corrected chi connectivity index (χ4v) is 2.75. The highest BCUT2D eigenvalue weighted by molar-refractivity contribution is 5.28. The van der Waals surface area contributed by atoms with Crippen molar-refractivity contribution < 1.29 is 9.84 Å². The van der Waals surface area contributed by atoms with Crippen LogP contribution >= 0.6 is 0 Å². The van der Waals surface area contributed by atoms with E-state index in [4.69, 9.17) is 4.74 Å². The molecule has 1 atom stereocenters. The zero-order valence-electron chi connectivity index (χ0n) is 12.0. The summed E-state index contributed by atoms with van der Waals surface area (Å²) in [7, 11) is 0. The predicted octanol–water partition coefficient (Wildman–Crippen LogP) is 3.96. The molecule has 0 radical (unpaired) electrons. The first-order valence-electron chi connectivity index (χ1n) is 7.67. The van der Waals surface area contributed by atoms with Gasteiger partial charge in [0.05, 0.1) is 12.7 Å². The molecule has 2 nitrogen and oxygen atoms in total. The molecule has 0 unspecified atom stereocenters. The molecule has 1 aromatic rings. The summed E-state index contributed by atoms with van der Waals surface area (Å²) in [6.07, 6.45) is 8.01. The van der Waals surface area contributed by atoms with Gasteiger partial charge in [0.2, 0.25) is 0 Å². The van der Waals surface area contributed by atoms with E-state index in [-0.39, 0.29) is 6.10 Å². The summed E-state index contributed by atoms with van der Waals surface area (Å²) in [5, 5.41) is 9.70. The van der Waals surface area contributed by atoms with Gasteiger partial charge in [-0.1, -0.05) is 38.3 Å². The van der Waals surface area contributed by atoms with Crippen LogP contribution < -0.4 is 4.74 Å². The van der Waals surface area contributed by atoms with Gasteiger partial charge in [-0.2, -0.15) is 0 Å². The molecule has 0 saturated heterocycles. The Morgan fingerprint density at radius 1 is 1.26 bits per heavy atom. The van der Waals surface area contributed by atoms with Gasteiger partial charge >= 0.3 is 0 Å². The minimum Gasteiger partial charge on any atom is -0.493 e. The van der Waals surface area contributed by atoms with Crippen LogP contribution in [0.25, 0.3) is 0 Å². The molecule has 1 aromatic carbocycles. The highest BCUT2D eigenvalue weighted by atomic mass is 16.5. The molecule has 1 aliphatic rings. The molecular weight excluding hydrogens is 236 g/mol. The van der Waals surface area contributed by atoms with Crippen molar-refractivity contribution in [1.29, 1.82) is 0 Å². The summed E-state index contributed by atoms with van der Waals surface area (Å²) in [5.41, 5.74) is 1.16. The summed E-state index contributed by atoms with van der Waals surface area (Å²) in [5.74, 6) is 1.69. The molecule has 1 saturated carbocycles. The topological polar surface area (TPSA) is 29.5 Å². The number of benzene rings is 1. The van der Waals surface area contributed by atoms with E-state index in [1.165, 1.54) is 32.1 Å². The average molecular weight is 262 g/mol. The number of aliphatic hydroxyl groups is 1. The van der Waals surface area contributed by atoms with Gasteiger partial charge in [0.25, 0.3) is 0 Å². The van der Waals surface area contributed by atoms with E-state index >= 15 is 0 Å². The summed E-state index contributed by atoms with van der Waals surface area (Å²) in [4.78, 5) is 0. The molecule has 1 aliphatic carbocycles. The Hall–Kier alpha value is -1.02. The van der Waals surface area contributed by atoms with E-state index in [0.29, 0.717) is 0 Å².